The summed E-state index contributed by atoms with van der Waals surface area (Å²) in [4.78, 5) is 13.6. The zero-order valence-electron chi connectivity index (χ0n) is 17.5. The first-order chi connectivity index (χ1) is 15.7. The molecule has 3 aromatic heterocycles. The smallest absolute Gasteiger partial charge is 0.372 e. The molecule has 4 aromatic rings. The second kappa shape index (κ2) is 7.95. The van der Waals surface area contributed by atoms with Crippen LogP contribution in [0.1, 0.15) is 18.3 Å². The normalized spacial score (nSPS) is 20.4. The molecule has 0 spiro atoms. The molecule has 0 bridgehead atoms. The Morgan fingerprint density at radius 2 is 1.85 bits per heavy atom. The molecule has 0 radical (unpaired) electrons. The van der Waals surface area contributed by atoms with Crippen LogP contribution in [0.2, 0.25) is 0 Å². The number of aromatic amines is 1. The highest BCUT2D eigenvalue weighted by atomic mass is 19.4. The third-order valence-corrected chi connectivity index (χ3v) is 6.13. The number of aromatic nitrogens is 3. The lowest BCUT2D eigenvalue weighted by molar-refractivity contribution is -0.183. The van der Waals surface area contributed by atoms with Crippen LogP contribution < -0.4 is 5.73 Å². The van der Waals surface area contributed by atoms with Crippen molar-refractivity contribution in [2.75, 3.05) is 13.1 Å². The molecule has 170 valence electrons. The van der Waals surface area contributed by atoms with Gasteiger partial charge in [0, 0.05) is 35.9 Å². The number of benzene rings is 1. The second-order valence-corrected chi connectivity index (χ2v) is 8.41. The second-order valence-electron chi connectivity index (χ2n) is 8.41. The third kappa shape index (κ3) is 3.99. The van der Waals surface area contributed by atoms with Gasteiger partial charge in [-0.1, -0.05) is 36.4 Å². The number of H-pyrrole nitrogens is 1. The Bertz CT molecular complexity index is 1290. The van der Waals surface area contributed by atoms with E-state index in [0.29, 0.717) is 5.69 Å². The Labute approximate surface area is 187 Å². The summed E-state index contributed by atoms with van der Waals surface area (Å²) in [6.45, 7) is -0.453. The summed E-state index contributed by atoms with van der Waals surface area (Å²) >= 11 is 0. The van der Waals surface area contributed by atoms with Crippen molar-refractivity contribution in [3.63, 3.8) is 0 Å². The number of halogens is 3. The lowest BCUT2D eigenvalue weighted by atomic mass is 10.00. The van der Waals surface area contributed by atoms with Crippen LogP contribution >= 0.6 is 0 Å². The van der Waals surface area contributed by atoms with E-state index in [1.54, 1.807) is 24.4 Å². The Kier molecular flexibility index (Phi) is 5.19. The number of fused-ring (bicyclic) bond motifs is 1. The maximum atomic E-state index is 13.2. The van der Waals surface area contributed by atoms with E-state index in [9.17, 15) is 18.3 Å². The number of nitrogens with two attached hydrogens (primary N) is 1. The maximum Gasteiger partial charge on any atom is 0.407 e. The molecule has 1 aliphatic rings. The molecule has 6 nitrogen and oxygen atoms in total. The number of hydrogen-bond donors (Lipinski definition) is 3. The fraction of sp³-hybridized carbons (Fsp3) is 0.250. The van der Waals surface area contributed by atoms with E-state index in [1.165, 1.54) is 4.90 Å². The zero-order valence-corrected chi connectivity index (χ0v) is 17.5. The lowest BCUT2D eigenvalue weighted by Gasteiger charge is -2.29. The number of nitrogens with zero attached hydrogens (tertiary/aromatic N) is 3. The SMILES string of the molecule is NC1(C(F)(F)F)CCN(C(O)c2cccc(-c3cnc4[nH]c(-c5ccccc5)cc4c3)n2)C1. The van der Waals surface area contributed by atoms with Crippen molar-refractivity contribution in [1.29, 1.82) is 0 Å². The predicted molar refractivity (Wildman–Crippen MR) is 119 cm³/mol. The van der Waals surface area contributed by atoms with E-state index in [0.717, 1.165) is 27.9 Å². The molecule has 4 heterocycles. The van der Waals surface area contributed by atoms with Crippen LogP contribution in [0.5, 0.6) is 0 Å². The lowest BCUT2D eigenvalue weighted by Crippen LogP contribution is -2.55. The van der Waals surface area contributed by atoms with Crippen LogP contribution in [-0.2, 0) is 0 Å². The summed E-state index contributed by atoms with van der Waals surface area (Å²) in [6, 6.07) is 18.9. The van der Waals surface area contributed by atoms with Crippen LogP contribution in [0.25, 0.3) is 33.5 Å². The number of rotatable bonds is 4. The van der Waals surface area contributed by atoms with Crippen LogP contribution in [0.15, 0.2) is 66.9 Å². The molecule has 2 unspecified atom stereocenters. The minimum absolute atomic E-state index is 0.0300. The number of aliphatic hydroxyl groups is 1. The van der Waals surface area contributed by atoms with Gasteiger partial charge in [0.15, 0.2) is 6.23 Å². The van der Waals surface area contributed by atoms with Gasteiger partial charge < -0.3 is 15.8 Å². The van der Waals surface area contributed by atoms with Gasteiger partial charge in [-0.05, 0) is 36.2 Å². The highest BCUT2D eigenvalue weighted by molar-refractivity contribution is 5.86. The van der Waals surface area contributed by atoms with Gasteiger partial charge in [-0.25, -0.2) is 9.97 Å². The zero-order chi connectivity index (χ0) is 23.2. The van der Waals surface area contributed by atoms with Gasteiger partial charge in [0.2, 0.25) is 0 Å². The van der Waals surface area contributed by atoms with E-state index < -0.39 is 24.5 Å². The van der Waals surface area contributed by atoms with E-state index in [1.807, 2.05) is 42.5 Å². The molecule has 0 saturated carbocycles. The standard InChI is InChI=1S/C24H22F3N5O/c25-24(26,27)23(28)9-10-32(14-23)22(33)19-8-4-7-18(30-19)17-11-16-12-20(31-21(16)29-13-17)15-5-2-1-3-6-15/h1-8,11-13,22,33H,9-10,14,28H2,(H,29,31). The molecule has 1 saturated heterocycles. The number of pyridine rings is 2. The minimum atomic E-state index is -4.53. The van der Waals surface area contributed by atoms with E-state index in [-0.39, 0.29) is 18.7 Å². The average Bonchev–Trinajstić information content (AvgIpc) is 3.43. The first kappa shape index (κ1) is 21.6. The first-order valence-electron chi connectivity index (χ1n) is 10.5. The fourth-order valence-electron chi connectivity index (χ4n) is 4.18. The highest BCUT2D eigenvalue weighted by Gasteiger charge is 2.56. The molecule has 0 amide bonds. The topological polar surface area (TPSA) is 91.1 Å². The van der Waals surface area contributed by atoms with Gasteiger partial charge >= 0.3 is 6.18 Å². The Morgan fingerprint density at radius 3 is 2.58 bits per heavy atom. The molecule has 5 rings (SSSR count). The molecule has 9 heteroatoms. The molecule has 1 fully saturated rings. The van der Waals surface area contributed by atoms with Crippen LogP contribution in [0.4, 0.5) is 13.2 Å². The van der Waals surface area contributed by atoms with Crippen molar-refractivity contribution in [2.45, 2.75) is 24.4 Å². The summed E-state index contributed by atoms with van der Waals surface area (Å²) in [6.07, 6.45) is -4.42. The van der Waals surface area contributed by atoms with Crippen molar-refractivity contribution in [1.82, 2.24) is 19.9 Å². The number of alkyl halides is 3. The molecular formula is C24H22F3N5O. The van der Waals surface area contributed by atoms with Gasteiger partial charge in [0.05, 0.1) is 11.4 Å². The molecule has 1 aromatic carbocycles. The third-order valence-electron chi connectivity index (χ3n) is 6.13. The molecule has 2 atom stereocenters. The van der Waals surface area contributed by atoms with Gasteiger partial charge in [-0.3, -0.25) is 4.90 Å². The van der Waals surface area contributed by atoms with Gasteiger partial charge in [0.1, 0.15) is 11.2 Å². The van der Waals surface area contributed by atoms with Crippen LogP contribution in [0.3, 0.4) is 0 Å². The van der Waals surface area contributed by atoms with Crippen molar-refractivity contribution in [3.8, 4) is 22.5 Å². The van der Waals surface area contributed by atoms with Crippen molar-refractivity contribution in [3.05, 3.63) is 72.6 Å². The van der Waals surface area contributed by atoms with E-state index in [2.05, 4.69) is 15.0 Å². The van der Waals surface area contributed by atoms with E-state index >= 15 is 0 Å². The summed E-state index contributed by atoms with van der Waals surface area (Å²) in [5, 5.41) is 11.6. The Balaban J connectivity index is 1.41. The van der Waals surface area contributed by atoms with Gasteiger partial charge in [-0.15, -0.1) is 0 Å². The number of nitrogens with one attached hydrogen (secondary N) is 1. The summed E-state index contributed by atoms with van der Waals surface area (Å²) in [5.41, 5.74) is 7.51. The Morgan fingerprint density at radius 1 is 1.06 bits per heavy atom. The minimum Gasteiger partial charge on any atom is -0.372 e. The fourth-order valence-corrected chi connectivity index (χ4v) is 4.18. The largest absolute Gasteiger partial charge is 0.407 e. The van der Waals surface area contributed by atoms with Crippen LogP contribution in [0, 0.1) is 0 Å². The van der Waals surface area contributed by atoms with Crippen molar-refractivity contribution >= 4 is 11.0 Å². The monoisotopic (exact) mass is 453 g/mol. The molecule has 4 N–H and O–H groups in total. The predicted octanol–water partition coefficient (Wildman–Crippen LogP) is 4.25. The number of hydrogen-bond acceptors (Lipinski definition) is 5. The van der Waals surface area contributed by atoms with Gasteiger partial charge in [0.25, 0.3) is 0 Å². The van der Waals surface area contributed by atoms with Crippen molar-refractivity contribution < 1.29 is 18.3 Å². The molecule has 0 aliphatic carbocycles. The summed E-state index contributed by atoms with van der Waals surface area (Å²) in [5.74, 6) is 0. The first-order valence-corrected chi connectivity index (χ1v) is 10.5. The van der Waals surface area contributed by atoms with Crippen molar-refractivity contribution in [2.24, 2.45) is 5.73 Å². The molecule has 1 aliphatic heterocycles. The molecule has 33 heavy (non-hydrogen) atoms. The summed E-state index contributed by atoms with van der Waals surface area (Å²) in [7, 11) is 0. The highest BCUT2D eigenvalue weighted by Crippen LogP contribution is 2.38. The average molecular weight is 453 g/mol. The van der Waals surface area contributed by atoms with Crippen LogP contribution in [-0.4, -0.2) is 49.8 Å². The summed E-state index contributed by atoms with van der Waals surface area (Å²) < 4.78 is 39.7. The van der Waals surface area contributed by atoms with Gasteiger partial charge in [-0.2, -0.15) is 13.2 Å². The quantitative estimate of drug-likeness (QED) is 0.430. The number of likely N-dealkylation sites (tertiary alicyclic amines) is 1. The number of aliphatic hydroxyl groups excluding tert-OH is 1. The Hall–Kier alpha value is -3.27. The molecular weight excluding hydrogens is 431 g/mol. The maximum absolute atomic E-state index is 13.2. The van der Waals surface area contributed by atoms with E-state index in [4.69, 9.17) is 5.73 Å².